The highest BCUT2D eigenvalue weighted by Crippen LogP contribution is 2.22. The molecule has 20 heavy (non-hydrogen) atoms. The van der Waals surface area contributed by atoms with E-state index in [1.165, 1.54) is 0 Å². The third kappa shape index (κ3) is 2.92. The molecule has 0 atom stereocenters. The highest BCUT2D eigenvalue weighted by atomic mass is 19.3. The Labute approximate surface area is 113 Å². The molecule has 2 aromatic rings. The van der Waals surface area contributed by atoms with Crippen LogP contribution in [0.3, 0.4) is 0 Å². The van der Waals surface area contributed by atoms with Crippen LogP contribution in [0.15, 0.2) is 24.3 Å². The first-order valence-electron chi connectivity index (χ1n) is 6.27. The van der Waals surface area contributed by atoms with Crippen LogP contribution in [0.5, 0.6) is 0 Å². The van der Waals surface area contributed by atoms with Crippen molar-refractivity contribution < 1.29 is 17.6 Å². The largest absolute Gasteiger partial charge is 0.319 e. The van der Waals surface area contributed by atoms with Gasteiger partial charge in [-0.3, -0.25) is 4.68 Å². The molecule has 3 nitrogen and oxygen atoms in total. The summed E-state index contributed by atoms with van der Waals surface area (Å²) in [6, 6.07) is 7.39. The topological polar surface area (TPSA) is 29.9 Å². The summed E-state index contributed by atoms with van der Waals surface area (Å²) in [7, 11) is 0. The number of aryl methyl sites for hydroxylation is 1. The van der Waals surface area contributed by atoms with Gasteiger partial charge in [-0.25, -0.2) is 8.78 Å². The second-order valence-corrected chi connectivity index (χ2v) is 4.44. The molecule has 0 bridgehead atoms. The Bertz CT molecular complexity index is 580. The molecule has 2 rings (SSSR count). The van der Waals surface area contributed by atoms with Crippen molar-refractivity contribution in [3.8, 4) is 0 Å². The van der Waals surface area contributed by atoms with Gasteiger partial charge in [0.1, 0.15) is 0 Å². The maximum Gasteiger partial charge on any atom is 0.319 e. The second kappa shape index (κ2) is 5.78. The summed E-state index contributed by atoms with van der Waals surface area (Å²) in [6.45, 7) is 1.52. The van der Waals surface area contributed by atoms with E-state index in [9.17, 15) is 17.6 Å². The third-order valence-corrected chi connectivity index (χ3v) is 3.01. The minimum Gasteiger partial charge on any atom is -0.305 e. The first-order valence-corrected chi connectivity index (χ1v) is 6.27. The Morgan fingerprint density at radius 1 is 1.30 bits per heavy atom. The van der Waals surface area contributed by atoms with Crippen LogP contribution in [0, 0.1) is 0 Å². The van der Waals surface area contributed by atoms with Gasteiger partial charge in [-0.1, -0.05) is 18.2 Å². The molecule has 1 heterocycles. The van der Waals surface area contributed by atoms with Gasteiger partial charge >= 0.3 is 12.3 Å². The number of alkyl halides is 4. The summed E-state index contributed by atoms with van der Waals surface area (Å²) < 4.78 is 51.4. The Morgan fingerprint density at radius 3 is 2.65 bits per heavy atom. The summed E-state index contributed by atoms with van der Waals surface area (Å²) in [5, 5.41) is 7.48. The van der Waals surface area contributed by atoms with E-state index in [1.807, 2.05) is 31.2 Å². The molecule has 0 amide bonds. The Kier molecular flexibility index (Phi) is 4.27. The first-order chi connectivity index (χ1) is 9.45. The quantitative estimate of drug-likeness (QED) is 0.828. The van der Waals surface area contributed by atoms with Gasteiger partial charge in [0.05, 0.1) is 17.8 Å². The molecular weight excluding hydrogens is 274 g/mol. The molecule has 0 saturated heterocycles. The highest BCUT2D eigenvalue weighted by Gasteiger charge is 2.40. The van der Waals surface area contributed by atoms with Crippen molar-refractivity contribution >= 4 is 10.9 Å². The van der Waals surface area contributed by atoms with Crippen molar-refractivity contribution in [2.45, 2.75) is 32.4 Å². The maximum absolute atomic E-state index is 12.8. The first kappa shape index (κ1) is 14.8. The number of nitrogens with one attached hydrogen (secondary N) is 1. The molecule has 1 N–H and O–H groups in total. The predicted octanol–water partition coefficient (Wildman–Crippen LogP) is 3.05. The lowest BCUT2D eigenvalue weighted by molar-refractivity contribution is -0.125. The molecule has 7 heteroatoms. The van der Waals surface area contributed by atoms with Crippen LogP contribution in [0.4, 0.5) is 17.6 Å². The standard InChI is InChI=1S/C13H15F4N3/c1-2-20-11-6-4-3-5-9(11)10(19-20)7-18-8-13(16,17)12(14)15/h3-6,12,18H,2,7-8H2,1H3. The fourth-order valence-electron chi connectivity index (χ4n) is 1.99. The van der Waals surface area contributed by atoms with Crippen molar-refractivity contribution in [3.63, 3.8) is 0 Å². The van der Waals surface area contributed by atoms with E-state index in [4.69, 9.17) is 0 Å². The lowest BCUT2D eigenvalue weighted by Gasteiger charge is -2.15. The number of rotatable bonds is 6. The summed E-state index contributed by atoms with van der Waals surface area (Å²) in [4.78, 5) is 0. The fraction of sp³-hybridized carbons (Fsp3) is 0.462. The Hall–Kier alpha value is -1.63. The smallest absolute Gasteiger partial charge is 0.305 e. The lowest BCUT2D eigenvalue weighted by Crippen LogP contribution is -2.38. The molecule has 0 saturated carbocycles. The molecule has 110 valence electrons. The lowest BCUT2D eigenvalue weighted by atomic mass is 10.2. The average molecular weight is 289 g/mol. The van der Waals surface area contributed by atoms with Crippen LogP contribution in [0.1, 0.15) is 12.6 Å². The van der Waals surface area contributed by atoms with E-state index < -0.39 is 18.9 Å². The monoisotopic (exact) mass is 289 g/mol. The van der Waals surface area contributed by atoms with Gasteiger partial charge in [-0.15, -0.1) is 0 Å². The van der Waals surface area contributed by atoms with Crippen molar-refractivity contribution in [3.05, 3.63) is 30.0 Å². The van der Waals surface area contributed by atoms with E-state index in [0.29, 0.717) is 12.2 Å². The number of nitrogens with zero attached hydrogens (tertiary/aromatic N) is 2. The molecule has 0 aliphatic heterocycles. The molecule has 0 aliphatic rings. The van der Waals surface area contributed by atoms with Crippen LogP contribution in [-0.4, -0.2) is 28.7 Å². The van der Waals surface area contributed by atoms with Gasteiger partial charge in [0.2, 0.25) is 0 Å². The van der Waals surface area contributed by atoms with Crippen molar-refractivity contribution in [2.24, 2.45) is 0 Å². The molecule has 1 aromatic heterocycles. The van der Waals surface area contributed by atoms with Crippen LogP contribution < -0.4 is 5.32 Å². The van der Waals surface area contributed by atoms with E-state index in [-0.39, 0.29) is 6.54 Å². The number of benzene rings is 1. The third-order valence-electron chi connectivity index (χ3n) is 3.01. The maximum atomic E-state index is 12.8. The van der Waals surface area contributed by atoms with Gasteiger partial charge in [-0.05, 0) is 13.0 Å². The zero-order valence-electron chi connectivity index (χ0n) is 10.9. The fourth-order valence-corrected chi connectivity index (χ4v) is 1.99. The van der Waals surface area contributed by atoms with E-state index >= 15 is 0 Å². The summed E-state index contributed by atoms with van der Waals surface area (Å²) >= 11 is 0. The number of halogens is 4. The number of para-hydroxylation sites is 1. The van der Waals surface area contributed by atoms with Gasteiger partial charge in [-0.2, -0.15) is 13.9 Å². The second-order valence-electron chi connectivity index (χ2n) is 4.44. The van der Waals surface area contributed by atoms with Gasteiger partial charge in [0.15, 0.2) is 0 Å². The minimum absolute atomic E-state index is 0.0236. The number of hydrogen-bond acceptors (Lipinski definition) is 2. The number of aromatic nitrogens is 2. The van der Waals surface area contributed by atoms with Crippen molar-refractivity contribution in [1.82, 2.24) is 15.1 Å². The summed E-state index contributed by atoms with van der Waals surface area (Å²) in [5.41, 5.74) is 1.47. The van der Waals surface area contributed by atoms with E-state index in [2.05, 4.69) is 10.4 Å². The van der Waals surface area contributed by atoms with E-state index in [1.54, 1.807) is 4.68 Å². The zero-order chi connectivity index (χ0) is 14.8. The zero-order valence-corrected chi connectivity index (χ0v) is 10.9. The summed E-state index contributed by atoms with van der Waals surface area (Å²) in [6.07, 6.45) is -3.67. The van der Waals surface area contributed by atoms with Crippen LogP contribution in [-0.2, 0) is 13.1 Å². The number of hydrogen-bond donors (Lipinski definition) is 1. The van der Waals surface area contributed by atoms with E-state index in [0.717, 1.165) is 10.9 Å². The van der Waals surface area contributed by atoms with Crippen LogP contribution in [0.25, 0.3) is 10.9 Å². The van der Waals surface area contributed by atoms with Gasteiger partial charge < -0.3 is 5.32 Å². The average Bonchev–Trinajstić information content (AvgIpc) is 2.77. The van der Waals surface area contributed by atoms with Crippen LogP contribution >= 0.6 is 0 Å². The molecular formula is C13H15F4N3. The minimum atomic E-state index is -4.02. The molecule has 0 fully saturated rings. The van der Waals surface area contributed by atoms with Gasteiger partial charge in [0.25, 0.3) is 0 Å². The van der Waals surface area contributed by atoms with Crippen LogP contribution in [0.2, 0.25) is 0 Å². The Morgan fingerprint density at radius 2 is 2.00 bits per heavy atom. The molecule has 0 spiro atoms. The predicted molar refractivity (Wildman–Crippen MR) is 68.1 cm³/mol. The van der Waals surface area contributed by atoms with Crippen molar-refractivity contribution in [2.75, 3.05) is 6.54 Å². The SMILES string of the molecule is CCn1nc(CNCC(F)(F)C(F)F)c2ccccc21. The summed E-state index contributed by atoms with van der Waals surface area (Å²) in [5.74, 6) is -4.02. The van der Waals surface area contributed by atoms with Crippen molar-refractivity contribution in [1.29, 1.82) is 0 Å². The molecule has 0 aliphatic carbocycles. The Balaban J connectivity index is 2.11. The van der Waals surface area contributed by atoms with Gasteiger partial charge in [0, 0.05) is 18.5 Å². The normalized spacial score (nSPS) is 12.5. The number of fused-ring (bicyclic) bond motifs is 1. The molecule has 1 aromatic carbocycles. The molecule has 0 unspecified atom stereocenters. The molecule has 0 radical (unpaired) electrons. The highest BCUT2D eigenvalue weighted by molar-refractivity contribution is 5.81.